The van der Waals surface area contributed by atoms with E-state index >= 15 is 0 Å². The van der Waals surface area contributed by atoms with Crippen LogP contribution in [0.2, 0.25) is 0 Å². The van der Waals surface area contributed by atoms with Crippen molar-refractivity contribution >= 4 is 5.91 Å². The van der Waals surface area contributed by atoms with Crippen molar-refractivity contribution in [1.82, 2.24) is 9.80 Å². The minimum Gasteiger partial charge on any atom is -0.344 e. The van der Waals surface area contributed by atoms with Gasteiger partial charge in [-0.05, 0) is 25.7 Å². The molecule has 1 amide bonds. The Morgan fingerprint density at radius 1 is 1.25 bits per heavy atom. The van der Waals surface area contributed by atoms with E-state index < -0.39 is 0 Å². The highest BCUT2D eigenvalue weighted by Gasteiger charge is 2.40. The summed E-state index contributed by atoms with van der Waals surface area (Å²) in [6.45, 7) is 12.7. The fraction of sp³-hybridized carbons (Fsp3) is 0.923. The van der Waals surface area contributed by atoms with Crippen LogP contribution in [-0.4, -0.2) is 47.9 Å². The maximum Gasteiger partial charge on any atom is 0.240 e. The fourth-order valence-corrected chi connectivity index (χ4v) is 2.50. The van der Waals surface area contributed by atoms with Crippen molar-refractivity contribution in [2.24, 2.45) is 5.41 Å². The number of nitrogens with zero attached hydrogens (tertiary/aromatic N) is 2. The highest BCUT2D eigenvalue weighted by Crippen LogP contribution is 2.29. The largest absolute Gasteiger partial charge is 0.344 e. The molecule has 0 aromatic heterocycles. The highest BCUT2D eigenvalue weighted by molar-refractivity contribution is 5.82. The molecule has 16 heavy (non-hydrogen) atoms. The van der Waals surface area contributed by atoms with Crippen molar-refractivity contribution in [3.63, 3.8) is 0 Å². The summed E-state index contributed by atoms with van der Waals surface area (Å²) in [6.07, 6.45) is 1.08. The van der Waals surface area contributed by atoms with Gasteiger partial charge in [-0.15, -0.1) is 0 Å². The van der Waals surface area contributed by atoms with Crippen LogP contribution in [0, 0.1) is 5.41 Å². The van der Waals surface area contributed by atoms with Gasteiger partial charge in [-0.1, -0.05) is 20.8 Å². The molecule has 3 nitrogen and oxygen atoms in total. The van der Waals surface area contributed by atoms with Crippen LogP contribution in [0.25, 0.3) is 0 Å². The third-order valence-corrected chi connectivity index (χ3v) is 3.34. The van der Waals surface area contributed by atoms with Crippen LogP contribution >= 0.6 is 0 Å². The Balaban J connectivity index is 3.03. The molecule has 0 saturated carbocycles. The van der Waals surface area contributed by atoms with Gasteiger partial charge in [0.2, 0.25) is 5.91 Å². The summed E-state index contributed by atoms with van der Waals surface area (Å²) in [5, 5.41) is 0. The molecule has 0 spiro atoms. The van der Waals surface area contributed by atoms with Crippen molar-refractivity contribution < 1.29 is 4.79 Å². The molecule has 1 aliphatic rings. The zero-order valence-electron chi connectivity index (χ0n) is 11.6. The van der Waals surface area contributed by atoms with Crippen LogP contribution in [0.15, 0.2) is 0 Å². The molecule has 0 unspecified atom stereocenters. The van der Waals surface area contributed by atoms with Crippen LogP contribution in [0.4, 0.5) is 0 Å². The third-order valence-electron chi connectivity index (χ3n) is 3.34. The molecule has 0 aromatic rings. The topological polar surface area (TPSA) is 23.6 Å². The van der Waals surface area contributed by atoms with Crippen molar-refractivity contribution in [2.45, 2.75) is 53.1 Å². The van der Waals surface area contributed by atoms with Gasteiger partial charge in [0.25, 0.3) is 0 Å². The minimum absolute atomic E-state index is 0.0000463. The van der Waals surface area contributed by atoms with Gasteiger partial charge in [0.15, 0.2) is 0 Å². The molecular formula is C13H26N2O. The molecule has 0 aliphatic carbocycles. The predicted octanol–water partition coefficient (Wildman–Crippen LogP) is 1.97. The standard InChI is InChI=1S/C13H26N2O/c1-10(2)15-9-7-8-14(6)12(16)11(15)13(3,4)5/h10-11H,7-9H2,1-6H3/t11-/m0/s1. The number of hydrogen-bond donors (Lipinski definition) is 0. The van der Waals surface area contributed by atoms with Gasteiger partial charge in [0, 0.05) is 26.2 Å². The molecule has 0 aromatic carbocycles. The molecule has 1 atom stereocenters. The minimum atomic E-state index is -0.0000463. The number of amides is 1. The van der Waals surface area contributed by atoms with E-state index in [2.05, 4.69) is 39.5 Å². The Bertz CT molecular complexity index is 255. The number of carbonyl (C=O) groups excluding carboxylic acids is 1. The molecule has 94 valence electrons. The third kappa shape index (κ3) is 2.76. The summed E-state index contributed by atoms with van der Waals surface area (Å²) in [5.41, 5.74) is -0.0000463. The Hall–Kier alpha value is -0.570. The van der Waals surface area contributed by atoms with E-state index in [4.69, 9.17) is 0 Å². The smallest absolute Gasteiger partial charge is 0.240 e. The Labute approximate surface area is 99.8 Å². The van der Waals surface area contributed by atoms with Crippen molar-refractivity contribution in [2.75, 3.05) is 20.1 Å². The lowest BCUT2D eigenvalue weighted by Crippen LogP contribution is -2.54. The molecular weight excluding hydrogens is 200 g/mol. The second kappa shape index (κ2) is 4.74. The van der Waals surface area contributed by atoms with Crippen LogP contribution in [0.1, 0.15) is 41.0 Å². The number of carbonyl (C=O) groups is 1. The van der Waals surface area contributed by atoms with Crippen LogP contribution in [0.3, 0.4) is 0 Å². The van der Waals surface area contributed by atoms with E-state index in [1.165, 1.54) is 0 Å². The van der Waals surface area contributed by atoms with Gasteiger partial charge in [0.05, 0.1) is 6.04 Å². The van der Waals surface area contributed by atoms with Gasteiger partial charge in [-0.2, -0.15) is 0 Å². The van der Waals surface area contributed by atoms with E-state index in [1.54, 1.807) is 0 Å². The lowest BCUT2D eigenvalue weighted by Gasteiger charge is -2.40. The molecule has 1 heterocycles. The first-order valence-electron chi connectivity index (χ1n) is 6.26. The van der Waals surface area contributed by atoms with Gasteiger partial charge in [-0.3, -0.25) is 9.69 Å². The lowest BCUT2D eigenvalue weighted by atomic mass is 9.84. The quantitative estimate of drug-likeness (QED) is 0.682. The molecule has 3 heteroatoms. The van der Waals surface area contributed by atoms with E-state index in [0.29, 0.717) is 6.04 Å². The molecule has 1 rings (SSSR count). The monoisotopic (exact) mass is 226 g/mol. The summed E-state index contributed by atoms with van der Waals surface area (Å²) >= 11 is 0. The average molecular weight is 226 g/mol. The zero-order chi connectivity index (χ0) is 12.5. The van der Waals surface area contributed by atoms with E-state index in [-0.39, 0.29) is 17.4 Å². The van der Waals surface area contributed by atoms with Crippen molar-refractivity contribution in [3.8, 4) is 0 Å². The number of rotatable bonds is 1. The van der Waals surface area contributed by atoms with E-state index in [0.717, 1.165) is 19.5 Å². The lowest BCUT2D eigenvalue weighted by molar-refractivity contribution is -0.138. The SMILES string of the molecule is CC(C)N1CCCN(C)C(=O)[C@H]1C(C)(C)C. The summed E-state index contributed by atoms with van der Waals surface area (Å²) in [5.74, 6) is 0.277. The Morgan fingerprint density at radius 2 is 1.81 bits per heavy atom. The van der Waals surface area contributed by atoms with Gasteiger partial charge < -0.3 is 4.90 Å². The highest BCUT2D eigenvalue weighted by atomic mass is 16.2. The second-order valence-corrected chi connectivity index (χ2v) is 6.21. The number of likely N-dealkylation sites (N-methyl/N-ethyl adjacent to an activating group) is 1. The van der Waals surface area contributed by atoms with Crippen LogP contribution in [-0.2, 0) is 4.79 Å². The van der Waals surface area contributed by atoms with Crippen molar-refractivity contribution in [1.29, 1.82) is 0 Å². The van der Waals surface area contributed by atoms with Gasteiger partial charge in [-0.25, -0.2) is 0 Å². The normalized spacial score (nSPS) is 25.1. The summed E-state index contributed by atoms with van der Waals surface area (Å²) in [6, 6.07) is 0.444. The van der Waals surface area contributed by atoms with Gasteiger partial charge >= 0.3 is 0 Å². The maximum absolute atomic E-state index is 12.4. The fourth-order valence-electron chi connectivity index (χ4n) is 2.50. The summed E-state index contributed by atoms with van der Waals surface area (Å²) in [7, 11) is 1.92. The first-order valence-corrected chi connectivity index (χ1v) is 6.26. The zero-order valence-corrected chi connectivity index (χ0v) is 11.6. The Kier molecular flexibility index (Phi) is 4.00. The first-order chi connectivity index (χ1) is 7.25. The second-order valence-electron chi connectivity index (χ2n) is 6.21. The molecule has 1 aliphatic heterocycles. The molecule has 0 N–H and O–H groups in total. The number of hydrogen-bond acceptors (Lipinski definition) is 2. The van der Waals surface area contributed by atoms with Crippen LogP contribution < -0.4 is 0 Å². The van der Waals surface area contributed by atoms with E-state index in [1.807, 2.05) is 11.9 Å². The average Bonchev–Trinajstić information content (AvgIpc) is 2.26. The maximum atomic E-state index is 12.4. The Morgan fingerprint density at radius 3 is 2.25 bits per heavy atom. The van der Waals surface area contributed by atoms with Crippen molar-refractivity contribution in [3.05, 3.63) is 0 Å². The summed E-state index contributed by atoms with van der Waals surface area (Å²) in [4.78, 5) is 16.6. The molecule has 1 fully saturated rings. The molecule has 1 saturated heterocycles. The molecule has 0 radical (unpaired) electrons. The van der Waals surface area contributed by atoms with Crippen LogP contribution in [0.5, 0.6) is 0 Å². The molecule has 0 bridgehead atoms. The summed E-state index contributed by atoms with van der Waals surface area (Å²) < 4.78 is 0. The predicted molar refractivity (Wildman–Crippen MR) is 67.3 cm³/mol. The van der Waals surface area contributed by atoms with E-state index in [9.17, 15) is 4.79 Å². The first kappa shape index (κ1) is 13.5. The van der Waals surface area contributed by atoms with Gasteiger partial charge in [0.1, 0.15) is 0 Å².